The molecule has 1 aliphatic carbocycles. The summed E-state index contributed by atoms with van der Waals surface area (Å²) in [6, 6.07) is 20.6. The Morgan fingerprint density at radius 2 is 1.60 bits per heavy atom. The quantitative estimate of drug-likeness (QED) is 0.393. The molecule has 8 nitrogen and oxygen atoms in total. The van der Waals surface area contributed by atoms with Gasteiger partial charge in [-0.25, -0.2) is 4.79 Å². The first-order valence-electron chi connectivity index (χ1n) is 10.9. The van der Waals surface area contributed by atoms with E-state index in [2.05, 4.69) is 33.4 Å². The third-order valence-electron chi connectivity index (χ3n) is 5.78. The summed E-state index contributed by atoms with van der Waals surface area (Å²) in [6.07, 6.45) is -0.639. The summed E-state index contributed by atoms with van der Waals surface area (Å²) in [5.41, 5.74) is 5.10. The van der Waals surface area contributed by atoms with Gasteiger partial charge >= 0.3 is 12.1 Å². The van der Waals surface area contributed by atoms with Crippen molar-refractivity contribution < 1.29 is 29.3 Å². The SMILES string of the molecule is O=C(O)CN(CCO)C(=O)c1ccc(NC(=O)OCC2c3ccccc3-c3ccccc32)c(Br)c1. The Morgan fingerprint density at radius 1 is 0.971 bits per heavy atom. The molecule has 0 radical (unpaired) electrons. The van der Waals surface area contributed by atoms with Gasteiger partial charge < -0.3 is 19.8 Å². The first-order chi connectivity index (χ1) is 16.9. The van der Waals surface area contributed by atoms with Gasteiger partial charge in [-0.15, -0.1) is 0 Å². The summed E-state index contributed by atoms with van der Waals surface area (Å²) in [5, 5.41) is 20.8. The van der Waals surface area contributed by atoms with E-state index in [1.165, 1.54) is 18.2 Å². The van der Waals surface area contributed by atoms with Crippen molar-refractivity contribution in [3.8, 4) is 11.1 Å². The van der Waals surface area contributed by atoms with E-state index in [0.29, 0.717) is 10.2 Å². The molecule has 3 aromatic rings. The Morgan fingerprint density at radius 3 is 2.17 bits per heavy atom. The number of carbonyl (C=O) groups is 3. The monoisotopic (exact) mass is 538 g/mol. The second-order valence-corrected chi connectivity index (χ2v) is 8.84. The van der Waals surface area contributed by atoms with Crippen molar-refractivity contribution in [2.45, 2.75) is 5.92 Å². The van der Waals surface area contributed by atoms with Crippen LogP contribution in [0.2, 0.25) is 0 Å². The van der Waals surface area contributed by atoms with Crippen LogP contribution >= 0.6 is 15.9 Å². The zero-order valence-corrected chi connectivity index (χ0v) is 20.2. The van der Waals surface area contributed by atoms with E-state index in [9.17, 15) is 14.4 Å². The fraction of sp³-hybridized carbons (Fsp3) is 0.192. The standard InChI is InChI=1S/C26H23BrN2O6/c27-22-13-16(25(33)29(11-12-30)14-24(31)32)9-10-23(22)28-26(34)35-15-21-19-7-3-1-5-17(19)18-6-2-4-8-20(18)21/h1-10,13,21,30H,11-12,14-15H2,(H,28,34)(H,31,32). The van der Waals surface area contributed by atoms with Crippen molar-refractivity contribution in [3.63, 3.8) is 0 Å². The van der Waals surface area contributed by atoms with Crippen LogP contribution in [0, 0.1) is 0 Å². The molecule has 4 rings (SSSR count). The van der Waals surface area contributed by atoms with E-state index in [1.54, 1.807) is 0 Å². The predicted octanol–water partition coefficient (Wildman–Crippen LogP) is 4.33. The van der Waals surface area contributed by atoms with Gasteiger partial charge in [-0.3, -0.25) is 14.9 Å². The third kappa shape index (κ3) is 5.36. The fourth-order valence-corrected chi connectivity index (χ4v) is 4.69. The highest BCUT2D eigenvalue weighted by molar-refractivity contribution is 9.10. The molecule has 0 saturated heterocycles. The number of ether oxygens (including phenoxy) is 1. The number of rotatable bonds is 8. The van der Waals surface area contributed by atoms with E-state index < -0.39 is 24.5 Å². The minimum absolute atomic E-state index is 0.0664. The average molecular weight is 539 g/mol. The van der Waals surface area contributed by atoms with Gasteiger partial charge in [0.1, 0.15) is 13.2 Å². The molecule has 1 aliphatic rings. The van der Waals surface area contributed by atoms with Crippen LogP contribution < -0.4 is 5.32 Å². The number of aliphatic hydroxyl groups excluding tert-OH is 1. The zero-order chi connectivity index (χ0) is 24.9. The number of carboxylic acid groups (broad SMARTS) is 1. The zero-order valence-electron chi connectivity index (χ0n) is 18.6. The molecule has 0 fully saturated rings. The number of aliphatic carboxylic acids is 1. The van der Waals surface area contributed by atoms with Gasteiger partial charge in [-0.1, -0.05) is 48.5 Å². The van der Waals surface area contributed by atoms with Crippen LogP contribution in [-0.2, 0) is 9.53 Å². The number of benzene rings is 3. The smallest absolute Gasteiger partial charge is 0.411 e. The Bertz CT molecular complexity index is 1230. The second-order valence-electron chi connectivity index (χ2n) is 7.99. The molecule has 9 heteroatoms. The number of halogens is 1. The van der Waals surface area contributed by atoms with E-state index >= 15 is 0 Å². The van der Waals surface area contributed by atoms with E-state index in [4.69, 9.17) is 14.9 Å². The van der Waals surface area contributed by atoms with Gasteiger partial charge in [-0.05, 0) is 56.4 Å². The van der Waals surface area contributed by atoms with Crippen LogP contribution in [0.3, 0.4) is 0 Å². The summed E-state index contributed by atoms with van der Waals surface area (Å²) < 4.78 is 5.98. The topological polar surface area (TPSA) is 116 Å². The molecule has 0 bridgehead atoms. The first-order valence-corrected chi connectivity index (χ1v) is 11.7. The molecule has 0 saturated carbocycles. The maximum atomic E-state index is 12.6. The molecule has 0 aliphatic heterocycles. The van der Waals surface area contributed by atoms with Crippen molar-refractivity contribution in [1.29, 1.82) is 0 Å². The van der Waals surface area contributed by atoms with Gasteiger partial charge in [0.25, 0.3) is 5.91 Å². The number of anilines is 1. The van der Waals surface area contributed by atoms with E-state index in [1.807, 2.05) is 36.4 Å². The number of aliphatic hydroxyl groups is 1. The van der Waals surface area contributed by atoms with Crippen LogP contribution in [0.5, 0.6) is 0 Å². The largest absolute Gasteiger partial charge is 0.480 e. The van der Waals surface area contributed by atoms with Crippen molar-refractivity contribution in [1.82, 2.24) is 4.90 Å². The molecule has 0 aromatic heterocycles. The maximum Gasteiger partial charge on any atom is 0.411 e. The number of carboxylic acids is 1. The highest BCUT2D eigenvalue weighted by Crippen LogP contribution is 2.44. The lowest BCUT2D eigenvalue weighted by atomic mass is 9.98. The first kappa shape index (κ1) is 24.4. The lowest BCUT2D eigenvalue weighted by Crippen LogP contribution is -2.37. The second kappa shape index (κ2) is 10.7. The lowest BCUT2D eigenvalue weighted by Gasteiger charge is -2.20. The molecular formula is C26H23BrN2O6. The summed E-state index contributed by atoms with van der Waals surface area (Å²) in [7, 11) is 0. The lowest BCUT2D eigenvalue weighted by molar-refractivity contribution is -0.137. The fourth-order valence-electron chi connectivity index (χ4n) is 4.21. The highest BCUT2D eigenvalue weighted by atomic mass is 79.9. The molecule has 0 unspecified atom stereocenters. The molecule has 3 N–H and O–H groups in total. The van der Waals surface area contributed by atoms with Crippen molar-refractivity contribution in [3.05, 3.63) is 87.9 Å². The minimum atomic E-state index is -1.18. The van der Waals surface area contributed by atoms with Crippen molar-refractivity contribution in [2.24, 2.45) is 0 Å². The van der Waals surface area contributed by atoms with Gasteiger partial charge in [0, 0.05) is 22.5 Å². The molecular weight excluding hydrogens is 516 g/mol. The van der Waals surface area contributed by atoms with Crippen LogP contribution in [0.15, 0.2) is 71.2 Å². The number of nitrogens with zero attached hydrogens (tertiary/aromatic N) is 1. The summed E-state index contributed by atoms with van der Waals surface area (Å²) in [6.45, 7) is -0.833. The predicted molar refractivity (Wildman–Crippen MR) is 133 cm³/mol. The molecule has 0 spiro atoms. The number of carbonyl (C=O) groups excluding carboxylic acids is 2. The van der Waals surface area contributed by atoms with Gasteiger partial charge in [-0.2, -0.15) is 0 Å². The number of hydrogen-bond donors (Lipinski definition) is 3. The van der Waals surface area contributed by atoms with Crippen LogP contribution in [0.1, 0.15) is 27.4 Å². The normalized spacial score (nSPS) is 11.9. The number of nitrogens with one attached hydrogen (secondary N) is 1. The molecule has 2 amide bonds. The average Bonchev–Trinajstić information content (AvgIpc) is 3.17. The summed E-state index contributed by atoms with van der Waals surface area (Å²) in [5.74, 6) is -1.79. The molecule has 0 heterocycles. The Kier molecular flexibility index (Phi) is 7.48. The van der Waals surface area contributed by atoms with Crippen molar-refractivity contribution in [2.75, 3.05) is 31.6 Å². The van der Waals surface area contributed by atoms with E-state index in [-0.39, 0.29) is 31.2 Å². The van der Waals surface area contributed by atoms with Gasteiger partial charge in [0.15, 0.2) is 0 Å². The Hall–Kier alpha value is -3.69. The van der Waals surface area contributed by atoms with Gasteiger partial charge in [0.2, 0.25) is 0 Å². The number of hydrogen-bond acceptors (Lipinski definition) is 5. The Balaban J connectivity index is 1.42. The van der Waals surface area contributed by atoms with Gasteiger partial charge in [0.05, 0.1) is 12.3 Å². The van der Waals surface area contributed by atoms with E-state index in [0.717, 1.165) is 27.2 Å². The highest BCUT2D eigenvalue weighted by Gasteiger charge is 2.29. The number of amides is 2. The van der Waals surface area contributed by atoms with Crippen LogP contribution in [-0.4, -0.2) is 59.4 Å². The summed E-state index contributed by atoms with van der Waals surface area (Å²) >= 11 is 3.34. The molecule has 3 aromatic carbocycles. The third-order valence-corrected chi connectivity index (χ3v) is 6.44. The number of fused-ring (bicyclic) bond motifs is 3. The van der Waals surface area contributed by atoms with Crippen LogP contribution in [0.4, 0.5) is 10.5 Å². The minimum Gasteiger partial charge on any atom is -0.480 e. The molecule has 0 atom stereocenters. The van der Waals surface area contributed by atoms with Crippen LogP contribution in [0.25, 0.3) is 11.1 Å². The maximum absolute atomic E-state index is 12.6. The molecule has 35 heavy (non-hydrogen) atoms. The molecule has 180 valence electrons. The summed E-state index contributed by atoms with van der Waals surface area (Å²) in [4.78, 5) is 37.2. The Labute approximate surface area is 210 Å². The van der Waals surface area contributed by atoms with Crippen molar-refractivity contribution >= 4 is 39.6 Å².